The van der Waals surface area contributed by atoms with E-state index in [4.69, 9.17) is 18.6 Å². The van der Waals surface area contributed by atoms with E-state index < -0.39 is 5.60 Å². The van der Waals surface area contributed by atoms with Crippen molar-refractivity contribution in [2.45, 2.75) is 90.4 Å². The van der Waals surface area contributed by atoms with E-state index in [2.05, 4.69) is 39.8 Å². The highest BCUT2D eigenvalue weighted by atomic mass is 16.6. The van der Waals surface area contributed by atoms with Crippen LogP contribution in [0, 0.1) is 28.1 Å². The van der Waals surface area contributed by atoms with Crippen molar-refractivity contribution in [2.75, 3.05) is 6.61 Å². The third-order valence-electron chi connectivity index (χ3n) is 10.6. The second kappa shape index (κ2) is 6.99. The molecule has 0 aromatic carbocycles. The summed E-state index contributed by atoms with van der Waals surface area (Å²) >= 11 is 0. The molecule has 5 aliphatic rings. The Kier molecular flexibility index (Phi) is 4.60. The number of rotatable bonds is 2. The van der Waals surface area contributed by atoms with Gasteiger partial charge < -0.3 is 18.6 Å². The molecule has 0 bridgehead atoms. The number of furan rings is 1. The lowest BCUT2D eigenvalue weighted by Gasteiger charge is -2.65. The molecule has 6 nitrogen and oxygen atoms in total. The smallest absolute Gasteiger partial charge is 0.308 e. The van der Waals surface area contributed by atoms with Gasteiger partial charge in [-0.25, -0.2) is 0 Å². The Bertz CT molecular complexity index is 1050. The molecule has 0 unspecified atom stereocenters. The second-order valence-corrected chi connectivity index (χ2v) is 12.3. The van der Waals surface area contributed by atoms with E-state index in [-0.39, 0.29) is 52.2 Å². The Hall–Kier alpha value is -2.08. The van der Waals surface area contributed by atoms with Gasteiger partial charge in [-0.1, -0.05) is 25.5 Å². The molecule has 4 fully saturated rings. The van der Waals surface area contributed by atoms with Gasteiger partial charge in [0.05, 0.1) is 30.7 Å². The maximum atomic E-state index is 12.4. The Labute approximate surface area is 201 Å². The van der Waals surface area contributed by atoms with Crippen LogP contribution in [0.4, 0.5) is 0 Å². The van der Waals surface area contributed by atoms with Crippen LogP contribution in [0.15, 0.2) is 34.7 Å². The Morgan fingerprint density at radius 3 is 2.68 bits per heavy atom. The van der Waals surface area contributed by atoms with Crippen LogP contribution in [0.3, 0.4) is 0 Å². The molecule has 2 aliphatic heterocycles. The van der Waals surface area contributed by atoms with Crippen LogP contribution in [-0.4, -0.2) is 36.4 Å². The lowest BCUT2D eigenvalue weighted by Crippen LogP contribution is -2.66. The molecule has 1 aromatic heterocycles. The molecule has 3 heterocycles. The van der Waals surface area contributed by atoms with Crippen LogP contribution in [0.25, 0.3) is 0 Å². The number of carbonyl (C=O) groups is 2. The third kappa shape index (κ3) is 2.66. The zero-order valence-corrected chi connectivity index (χ0v) is 20.9. The lowest BCUT2D eigenvalue weighted by molar-refractivity contribution is -0.209. The zero-order valence-electron chi connectivity index (χ0n) is 20.9. The van der Waals surface area contributed by atoms with Gasteiger partial charge in [0.15, 0.2) is 0 Å². The number of allylic oxidation sites excluding steroid dienone is 1. The number of hydrogen-bond acceptors (Lipinski definition) is 6. The molecule has 0 N–H and O–H groups in total. The molecule has 1 spiro atoms. The van der Waals surface area contributed by atoms with E-state index in [1.807, 2.05) is 6.26 Å². The van der Waals surface area contributed by atoms with Crippen molar-refractivity contribution in [3.8, 4) is 0 Å². The van der Waals surface area contributed by atoms with E-state index in [1.165, 1.54) is 18.1 Å². The highest BCUT2D eigenvalue weighted by Gasteiger charge is 2.75. The van der Waals surface area contributed by atoms with Crippen LogP contribution in [0.1, 0.15) is 78.2 Å². The van der Waals surface area contributed by atoms with E-state index in [0.717, 1.165) is 25.7 Å². The van der Waals surface area contributed by atoms with Gasteiger partial charge in [-0.3, -0.25) is 9.59 Å². The molecule has 8 atom stereocenters. The number of fused-ring (bicyclic) bond motifs is 3. The van der Waals surface area contributed by atoms with E-state index in [0.29, 0.717) is 18.9 Å². The van der Waals surface area contributed by atoms with Crippen molar-refractivity contribution in [3.05, 3.63) is 35.8 Å². The van der Waals surface area contributed by atoms with E-state index in [9.17, 15) is 9.59 Å². The van der Waals surface area contributed by atoms with Gasteiger partial charge in [0.2, 0.25) is 0 Å². The minimum absolute atomic E-state index is 0.0349. The highest BCUT2D eigenvalue weighted by Crippen LogP contribution is 2.74. The highest BCUT2D eigenvalue weighted by molar-refractivity contribution is 5.71. The molecule has 1 aromatic rings. The monoisotopic (exact) mass is 468 g/mol. The summed E-state index contributed by atoms with van der Waals surface area (Å²) in [5.74, 6) is 0.295. The van der Waals surface area contributed by atoms with Gasteiger partial charge in [-0.15, -0.1) is 0 Å². The molecule has 6 heteroatoms. The van der Waals surface area contributed by atoms with Crippen molar-refractivity contribution < 1.29 is 28.2 Å². The van der Waals surface area contributed by atoms with Gasteiger partial charge in [-0.2, -0.15) is 0 Å². The SMILES string of the molecule is CC(=O)O[C@H]1C[C@@H]2C(C)(C)O[C@H]3CC(=O)OC[C@@]32[C@H]2CC[C@]3(C)C(=CC[C@@H]3c3ccoc3)[C@]12C. The number of hydrogen-bond donors (Lipinski definition) is 0. The third-order valence-corrected chi connectivity index (χ3v) is 10.6. The maximum Gasteiger partial charge on any atom is 0.308 e. The average molecular weight is 469 g/mol. The van der Waals surface area contributed by atoms with Crippen molar-refractivity contribution >= 4 is 11.9 Å². The van der Waals surface area contributed by atoms with Gasteiger partial charge in [0.1, 0.15) is 12.7 Å². The zero-order chi connectivity index (χ0) is 24.1. The van der Waals surface area contributed by atoms with Crippen molar-refractivity contribution in [3.63, 3.8) is 0 Å². The Morgan fingerprint density at radius 1 is 1.18 bits per heavy atom. The Balaban J connectivity index is 1.49. The minimum Gasteiger partial charge on any atom is -0.472 e. The van der Waals surface area contributed by atoms with Crippen molar-refractivity contribution in [2.24, 2.45) is 28.1 Å². The summed E-state index contributed by atoms with van der Waals surface area (Å²) in [6.45, 7) is 10.9. The van der Waals surface area contributed by atoms with Crippen LogP contribution >= 0.6 is 0 Å². The number of cyclic esters (lactones) is 1. The van der Waals surface area contributed by atoms with E-state index >= 15 is 0 Å². The molecule has 2 saturated carbocycles. The predicted molar refractivity (Wildman–Crippen MR) is 124 cm³/mol. The standard InChI is InChI=1S/C28H36O6/c1-16(29)33-22-12-21-25(2,3)34-23-13-24(30)32-15-28(21,23)20-8-10-26(4)18(17-9-11-31-14-17)6-7-19(26)27(20,22)5/h7,9,11,14,18,20-23H,6,8,10,12-13,15H2,1-5H3/t18-,20+,21-,22+,23+,26+,27+,28+/m1/s1. The maximum absolute atomic E-state index is 12.4. The normalized spacial score (nSPS) is 46.4. The van der Waals surface area contributed by atoms with Crippen LogP contribution in [0.2, 0.25) is 0 Å². The fourth-order valence-corrected chi connectivity index (χ4v) is 9.37. The molecule has 34 heavy (non-hydrogen) atoms. The molecular formula is C28H36O6. The molecular weight excluding hydrogens is 432 g/mol. The van der Waals surface area contributed by atoms with E-state index in [1.54, 1.807) is 6.26 Å². The van der Waals surface area contributed by atoms with Gasteiger partial charge in [0.25, 0.3) is 0 Å². The molecule has 0 radical (unpaired) electrons. The molecule has 0 amide bonds. The second-order valence-electron chi connectivity index (χ2n) is 12.3. The first-order valence-electron chi connectivity index (χ1n) is 12.8. The number of esters is 2. The van der Waals surface area contributed by atoms with Crippen LogP contribution < -0.4 is 0 Å². The predicted octanol–water partition coefficient (Wildman–Crippen LogP) is 5.18. The topological polar surface area (TPSA) is 75.0 Å². The number of ether oxygens (including phenoxy) is 3. The van der Waals surface area contributed by atoms with Gasteiger partial charge in [-0.05, 0) is 68.4 Å². The van der Waals surface area contributed by atoms with Crippen LogP contribution in [-0.2, 0) is 23.8 Å². The first-order chi connectivity index (χ1) is 16.0. The van der Waals surface area contributed by atoms with Crippen LogP contribution in [0.5, 0.6) is 0 Å². The summed E-state index contributed by atoms with van der Waals surface area (Å²) in [6.07, 6.45) is 9.66. The van der Waals surface area contributed by atoms with Gasteiger partial charge in [0, 0.05) is 23.7 Å². The average Bonchev–Trinajstić information content (AvgIpc) is 3.43. The summed E-state index contributed by atoms with van der Waals surface area (Å²) in [5, 5.41) is 0. The fourth-order valence-electron chi connectivity index (χ4n) is 9.37. The summed E-state index contributed by atoms with van der Waals surface area (Å²) in [6, 6.07) is 2.09. The summed E-state index contributed by atoms with van der Waals surface area (Å²) in [7, 11) is 0. The number of carbonyl (C=O) groups excluding carboxylic acids is 2. The first-order valence-corrected chi connectivity index (χ1v) is 12.8. The van der Waals surface area contributed by atoms with Crippen molar-refractivity contribution in [1.29, 1.82) is 0 Å². The quantitative estimate of drug-likeness (QED) is 0.440. The minimum atomic E-state index is -0.414. The first kappa shape index (κ1) is 22.4. The summed E-state index contributed by atoms with van der Waals surface area (Å²) in [4.78, 5) is 24.7. The molecule has 2 saturated heterocycles. The fraction of sp³-hybridized carbons (Fsp3) is 0.714. The summed E-state index contributed by atoms with van der Waals surface area (Å²) in [5.41, 5.74) is 1.58. The molecule has 6 rings (SSSR count). The lowest BCUT2D eigenvalue weighted by atomic mass is 9.39. The van der Waals surface area contributed by atoms with Gasteiger partial charge >= 0.3 is 11.9 Å². The molecule has 3 aliphatic carbocycles. The molecule has 184 valence electrons. The van der Waals surface area contributed by atoms with Crippen molar-refractivity contribution in [1.82, 2.24) is 0 Å². The largest absolute Gasteiger partial charge is 0.472 e. The summed E-state index contributed by atoms with van der Waals surface area (Å²) < 4.78 is 24.1. The Morgan fingerprint density at radius 2 is 1.97 bits per heavy atom.